The average Bonchev–Trinajstić information content (AvgIpc) is 2.77. The molecule has 3 rings (SSSR count). The molecule has 0 fully saturated rings. The minimum atomic E-state index is -4.62. The van der Waals surface area contributed by atoms with Crippen molar-refractivity contribution >= 4 is 43.4 Å². The fourth-order valence-corrected chi connectivity index (χ4v) is 5.32. The lowest BCUT2D eigenvalue weighted by atomic mass is 10.2. The van der Waals surface area contributed by atoms with Crippen LogP contribution in [0.3, 0.4) is 0 Å². The molecule has 0 aliphatic carbocycles. The maximum absolute atomic E-state index is 13.6. The Balaban J connectivity index is 2.02. The molecular weight excluding hydrogens is 526 g/mol. The Bertz CT molecular complexity index is 1590. The van der Waals surface area contributed by atoms with Crippen LogP contribution >= 0.6 is 0 Å². The summed E-state index contributed by atoms with van der Waals surface area (Å²) in [4.78, 5) is 21.5. The molecule has 15 heteroatoms. The van der Waals surface area contributed by atoms with E-state index in [9.17, 15) is 45.4 Å². The fraction of sp³-hybridized carbons (Fsp3) is 0.0476. The molecule has 0 aliphatic heterocycles. The Labute approximate surface area is 203 Å². The monoisotopic (exact) mass is 542 g/mol. The van der Waals surface area contributed by atoms with Gasteiger partial charge in [0.05, 0.1) is 34.5 Å². The van der Waals surface area contributed by atoms with Crippen molar-refractivity contribution in [3.8, 4) is 5.75 Å². The number of methoxy groups -OCH3 is 1. The van der Waals surface area contributed by atoms with E-state index in [1.54, 1.807) is 0 Å². The lowest BCUT2D eigenvalue weighted by molar-refractivity contribution is 0.0687. The molecule has 0 radical (unpaired) electrons. The van der Waals surface area contributed by atoms with Crippen LogP contribution in [0.25, 0.3) is 0 Å². The van der Waals surface area contributed by atoms with Crippen LogP contribution in [0, 0.1) is 11.6 Å². The smallest absolute Gasteiger partial charge is 0.337 e. The van der Waals surface area contributed by atoms with Gasteiger partial charge in [-0.2, -0.15) is 0 Å². The molecule has 190 valence electrons. The first-order chi connectivity index (χ1) is 16.7. The molecule has 36 heavy (non-hydrogen) atoms. The molecule has 0 bridgehead atoms. The molecule has 3 aromatic rings. The summed E-state index contributed by atoms with van der Waals surface area (Å²) in [5.41, 5.74) is -2.26. The van der Waals surface area contributed by atoms with Crippen LogP contribution in [-0.4, -0.2) is 46.1 Å². The second-order valence-corrected chi connectivity index (χ2v) is 10.3. The molecular formula is C21H16F2N2O9S2. The summed E-state index contributed by atoms with van der Waals surface area (Å²) in [6, 6.07) is 7.10. The maximum Gasteiger partial charge on any atom is 0.337 e. The molecule has 3 aromatic carbocycles. The van der Waals surface area contributed by atoms with Gasteiger partial charge in [-0.25, -0.2) is 35.2 Å². The first-order valence-electron chi connectivity index (χ1n) is 9.54. The van der Waals surface area contributed by atoms with Crippen molar-refractivity contribution in [1.82, 2.24) is 0 Å². The number of nitrogens with one attached hydrogen (secondary N) is 2. The summed E-state index contributed by atoms with van der Waals surface area (Å²) in [6.45, 7) is 0. The Kier molecular flexibility index (Phi) is 7.17. The van der Waals surface area contributed by atoms with E-state index >= 15 is 0 Å². The number of carbonyl (C=O) groups is 2. The number of ether oxygens (including phenoxy) is 1. The van der Waals surface area contributed by atoms with Crippen LogP contribution in [0.5, 0.6) is 5.75 Å². The van der Waals surface area contributed by atoms with Gasteiger partial charge in [-0.05, 0) is 48.5 Å². The van der Waals surface area contributed by atoms with E-state index in [-0.39, 0.29) is 0 Å². The molecule has 0 atom stereocenters. The van der Waals surface area contributed by atoms with Crippen LogP contribution in [-0.2, 0) is 20.0 Å². The summed E-state index contributed by atoms with van der Waals surface area (Å²) in [5, 5.41) is 18.4. The number of halogens is 2. The van der Waals surface area contributed by atoms with Gasteiger partial charge in [-0.15, -0.1) is 0 Å². The van der Waals surface area contributed by atoms with Crippen molar-refractivity contribution in [2.24, 2.45) is 0 Å². The zero-order valence-electron chi connectivity index (χ0n) is 18.0. The zero-order chi connectivity index (χ0) is 26.8. The predicted molar refractivity (Wildman–Crippen MR) is 121 cm³/mol. The first kappa shape index (κ1) is 26.4. The summed E-state index contributed by atoms with van der Waals surface area (Å²) < 4.78 is 87.5. The Morgan fingerprint density at radius 2 is 1.22 bits per heavy atom. The van der Waals surface area contributed by atoms with Gasteiger partial charge in [0, 0.05) is 6.07 Å². The molecule has 4 N–H and O–H groups in total. The number of carboxylic acid groups (broad SMARTS) is 2. The van der Waals surface area contributed by atoms with Gasteiger partial charge in [-0.1, -0.05) is 0 Å². The summed E-state index contributed by atoms with van der Waals surface area (Å²) in [5.74, 6) is -5.41. The highest BCUT2D eigenvalue weighted by molar-refractivity contribution is 7.93. The van der Waals surface area contributed by atoms with Gasteiger partial charge in [0.15, 0.2) is 0 Å². The second kappa shape index (κ2) is 9.79. The SMILES string of the molecule is COc1cc(S(=O)(=O)Nc2cc(F)ccc2C(=O)O)ccc1S(=O)(=O)Nc1cc(F)ccc1C(=O)O. The van der Waals surface area contributed by atoms with E-state index in [0.29, 0.717) is 12.1 Å². The van der Waals surface area contributed by atoms with Crippen LogP contribution in [0.1, 0.15) is 20.7 Å². The van der Waals surface area contributed by atoms with E-state index in [4.69, 9.17) is 4.74 Å². The number of hydrogen-bond acceptors (Lipinski definition) is 7. The summed E-state index contributed by atoms with van der Waals surface area (Å²) >= 11 is 0. The van der Waals surface area contributed by atoms with Gasteiger partial charge in [-0.3, -0.25) is 9.44 Å². The van der Waals surface area contributed by atoms with Crippen molar-refractivity contribution in [1.29, 1.82) is 0 Å². The Morgan fingerprint density at radius 3 is 1.67 bits per heavy atom. The molecule has 11 nitrogen and oxygen atoms in total. The van der Waals surface area contributed by atoms with Crippen molar-refractivity contribution in [2.75, 3.05) is 16.6 Å². The minimum absolute atomic E-state index is 0.503. The lowest BCUT2D eigenvalue weighted by Gasteiger charge is -2.15. The van der Waals surface area contributed by atoms with E-state index in [1.165, 1.54) is 0 Å². The number of benzene rings is 3. The van der Waals surface area contributed by atoms with Crippen molar-refractivity contribution in [3.05, 3.63) is 77.4 Å². The van der Waals surface area contributed by atoms with E-state index in [2.05, 4.69) is 0 Å². The van der Waals surface area contributed by atoms with Crippen LogP contribution in [0.4, 0.5) is 20.2 Å². The van der Waals surface area contributed by atoms with Crippen LogP contribution in [0.15, 0.2) is 64.4 Å². The quantitative estimate of drug-likeness (QED) is 0.317. The molecule has 0 spiro atoms. The third-order valence-corrected chi connectivity index (χ3v) is 7.42. The Hall–Kier alpha value is -4.24. The molecule has 0 saturated carbocycles. The highest BCUT2D eigenvalue weighted by Crippen LogP contribution is 2.31. The number of carboxylic acids is 2. The first-order valence-corrected chi connectivity index (χ1v) is 12.5. The molecule has 0 amide bonds. The fourth-order valence-electron chi connectivity index (χ4n) is 3.02. The van der Waals surface area contributed by atoms with Crippen molar-refractivity contribution < 1.29 is 50.2 Å². The Morgan fingerprint density at radius 1 is 0.750 bits per heavy atom. The second-order valence-electron chi connectivity index (χ2n) is 7.01. The molecule has 0 aromatic heterocycles. The normalized spacial score (nSPS) is 11.5. The molecule has 0 unspecified atom stereocenters. The molecule has 0 aliphatic rings. The largest absolute Gasteiger partial charge is 0.495 e. The number of anilines is 2. The van der Waals surface area contributed by atoms with Gasteiger partial charge in [0.1, 0.15) is 22.3 Å². The van der Waals surface area contributed by atoms with Gasteiger partial charge in [0.25, 0.3) is 20.0 Å². The maximum atomic E-state index is 13.6. The zero-order valence-corrected chi connectivity index (χ0v) is 19.7. The number of rotatable bonds is 9. The third kappa shape index (κ3) is 5.52. The minimum Gasteiger partial charge on any atom is -0.495 e. The highest BCUT2D eigenvalue weighted by atomic mass is 32.2. The van der Waals surface area contributed by atoms with Gasteiger partial charge < -0.3 is 14.9 Å². The predicted octanol–water partition coefficient (Wildman–Crippen LogP) is 2.97. The highest BCUT2D eigenvalue weighted by Gasteiger charge is 2.26. The topological polar surface area (TPSA) is 176 Å². The van der Waals surface area contributed by atoms with Gasteiger partial charge >= 0.3 is 11.9 Å². The van der Waals surface area contributed by atoms with Crippen LogP contribution in [0.2, 0.25) is 0 Å². The van der Waals surface area contributed by atoms with E-state index in [0.717, 1.165) is 49.6 Å². The van der Waals surface area contributed by atoms with E-state index < -0.39 is 81.7 Å². The summed E-state index contributed by atoms with van der Waals surface area (Å²) in [7, 11) is -8.16. The lowest BCUT2D eigenvalue weighted by Crippen LogP contribution is -2.18. The van der Waals surface area contributed by atoms with E-state index in [1.807, 2.05) is 9.44 Å². The third-order valence-electron chi connectivity index (χ3n) is 4.65. The van der Waals surface area contributed by atoms with Gasteiger partial charge in [0.2, 0.25) is 0 Å². The number of hydrogen-bond donors (Lipinski definition) is 4. The summed E-state index contributed by atoms with van der Waals surface area (Å²) in [6.07, 6.45) is 0. The average molecular weight is 542 g/mol. The number of aromatic carboxylic acids is 2. The molecule has 0 saturated heterocycles. The van der Waals surface area contributed by atoms with Crippen molar-refractivity contribution in [2.45, 2.75) is 9.79 Å². The van der Waals surface area contributed by atoms with Crippen molar-refractivity contribution in [3.63, 3.8) is 0 Å². The van der Waals surface area contributed by atoms with Crippen LogP contribution < -0.4 is 14.2 Å². The standard InChI is InChI=1S/C21H16F2N2O9S2/c1-34-18-10-13(35(30,31)24-16-8-11(22)2-5-14(16)20(26)27)4-7-19(18)36(32,33)25-17-9-12(23)3-6-15(17)21(28)29/h2-10,24-25H,1H3,(H,26,27)(H,28,29). The number of sulfonamides is 2. The molecule has 0 heterocycles.